The number of ether oxygens (including phenoxy) is 1. The molecule has 25 heavy (non-hydrogen) atoms. The zero-order valence-electron chi connectivity index (χ0n) is 13.9. The summed E-state index contributed by atoms with van der Waals surface area (Å²) in [4.78, 5) is 23.5. The first-order valence-electron chi connectivity index (χ1n) is 8.41. The number of amides is 1. The van der Waals surface area contributed by atoms with Crippen LogP contribution in [0.15, 0.2) is 54.6 Å². The number of benzene rings is 2. The molecule has 0 saturated carbocycles. The average molecular weight is 339 g/mol. The molecule has 1 fully saturated rings. The molecule has 0 bridgehead atoms. The first kappa shape index (κ1) is 17.2. The molecule has 1 amide bonds. The highest BCUT2D eigenvalue weighted by molar-refractivity contribution is 5.93. The molecule has 0 spiro atoms. The lowest BCUT2D eigenvalue weighted by atomic mass is 9.88. The molecule has 5 nitrogen and oxygen atoms in total. The number of anilines is 1. The van der Waals surface area contributed by atoms with Crippen LogP contribution in [0.2, 0.25) is 0 Å². The Morgan fingerprint density at radius 2 is 1.80 bits per heavy atom. The summed E-state index contributed by atoms with van der Waals surface area (Å²) in [6, 6.07) is 16.7. The lowest BCUT2D eigenvalue weighted by Crippen LogP contribution is -2.33. The lowest BCUT2D eigenvalue weighted by molar-refractivity contribution is -0.136. The van der Waals surface area contributed by atoms with Crippen molar-refractivity contribution in [3.8, 4) is 0 Å². The van der Waals surface area contributed by atoms with E-state index in [2.05, 4.69) is 5.32 Å². The molecule has 130 valence electrons. The van der Waals surface area contributed by atoms with E-state index < -0.39 is 5.97 Å². The van der Waals surface area contributed by atoms with E-state index in [0.29, 0.717) is 17.9 Å². The molecule has 2 unspecified atom stereocenters. The monoisotopic (exact) mass is 339 g/mol. The Bertz CT molecular complexity index is 727. The maximum atomic E-state index is 12.7. The van der Waals surface area contributed by atoms with Crippen LogP contribution in [0.3, 0.4) is 0 Å². The van der Waals surface area contributed by atoms with E-state index in [9.17, 15) is 9.59 Å². The Morgan fingerprint density at radius 3 is 2.48 bits per heavy atom. The molecule has 0 aliphatic carbocycles. The summed E-state index contributed by atoms with van der Waals surface area (Å²) in [6.07, 6.45) is 1.38. The Morgan fingerprint density at radius 1 is 1.08 bits per heavy atom. The molecule has 2 aromatic carbocycles. The third-order valence-corrected chi connectivity index (χ3v) is 4.36. The van der Waals surface area contributed by atoms with Crippen molar-refractivity contribution in [2.45, 2.75) is 25.4 Å². The molecule has 1 aliphatic rings. The van der Waals surface area contributed by atoms with E-state index in [0.717, 1.165) is 18.4 Å². The Kier molecular flexibility index (Phi) is 5.46. The van der Waals surface area contributed by atoms with Crippen molar-refractivity contribution in [1.82, 2.24) is 0 Å². The molecule has 2 atom stereocenters. The summed E-state index contributed by atoms with van der Waals surface area (Å²) in [5.41, 5.74) is 2.38. The lowest BCUT2D eigenvalue weighted by Gasteiger charge is -2.31. The molecule has 2 aromatic rings. The minimum Gasteiger partial charge on any atom is -0.481 e. The SMILES string of the molecule is O=C(O)Cc1ccc(NC(=O)C2CCCOC2c2ccccc2)cc1. The second-order valence-electron chi connectivity index (χ2n) is 6.21. The molecule has 5 heteroatoms. The number of carbonyl (C=O) groups is 2. The number of hydrogen-bond acceptors (Lipinski definition) is 3. The van der Waals surface area contributed by atoms with Crippen LogP contribution < -0.4 is 5.32 Å². The van der Waals surface area contributed by atoms with Crippen molar-refractivity contribution in [3.63, 3.8) is 0 Å². The largest absolute Gasteiger partial charge is 0.481 e. The summed E-state index contributed by atoms with van der Waals surface area (Å²) >= 11 is 0. The Hall–Kier alpha value is -2.66. The van der Waals surface area contributed by atoms with E-state index >= 15 is 0 Å². The molecular formula is C20H21NO4. The summed E-state index contributed by atoms with van der Waals surface area (Å²) in [5.74, 6) is -1.18. The van der Waals surface area contributed by atoms with Crippen molar-refractivity contribution < 1.29 is 19.4 Å². The van der Waals surface area contributed by atoms with Crippen molar-refractivity contribution in [2.75, 3.05) is 11.9 Å². The molecule has 0 aromatic heterocycles. The highest BCUT2D eigenvalue weighted by atomic mass is 16.5. The van der Waals surface area contributed by atoms with Crippen LogP contribution in [0, 0.1) is 5.92 Å². The molecule has 3 rings (SSSR count). The van der Waals surface area contributed by atoms with Gasteiger partial charge in [-0.15, -0.1) is 0 Å². The van der Waals surface area contributed by atoms with Gasteiger partial charge in [0.05, 0.1) is 18.4 Å². The van der Waals surface area contributed by atoms with Gasteiger partial charge in [0.1, 0.15) is 0 Å². The van der Waals surface area contributed by atoms with Gasteiger partial charge in [-0.05, 0) is 36.1 Å². The van der Waals surface area contributed by atoms with Crippen LogP contribution in [-0.4, -0.2) is 23.6 Å². The van der Waals surface area contributed by atoms with Gasteiger partial charge >= 0.3 is 5.97 Å². The van der Waals surface area contributed by atoms with E-state index in [1.54, 1.807) is 24.3 Å². The van der Waals surface area contributed by atoms with Gasteiger partial charge in [-0.3, -0.25) is 9.59 Å². The summed E-state index contributed by atoms with van der Waals surface area (Å²) in [6.45, 7) is 0.660. The number of nitrogens with one attached hydrogen (secondary N) is 1. The fourth-order valence-corrected chi connectivity index (χ4v) is 3.14. The minimum absolute atomic E-state index is 0.0270. The van der Waals surface area contributed by atoms with Gasteiger partial charge in [-0.25, -0.2) is 0 Å². The van der Waals surface area contributed by atoms with Gasteiger partial charge in [0.2, 0.25) is 5.91 Å². The van der Waals surface area contributed by atoms with E-state index in [1.165, 1.54) is 0 Å². The maximum Gasteiger partial charge on any atom is 0.307 e. The number of rotatable bonds is 5. The van der Waals surface area contributed by atoms with Gasteiger partial charge in [0.15, 0.2) is 0 Å². The van der Waals surface area contributed by atoms with Crippen molar-refractivity contribution in [3.05, 3.63) is 65.7 Å². The van der Waals surface area contributed by atoms with Crippen LogP contribution in [0.4, 0.5) is 5.69 Å². The van der Waals surface area contributed by atoms with Crippen LogP contribution in [0.5, 0.6) is 0 Å². The third-order valence-electron chi connectivity index (χ3n) is 4.36. The van der Waals surface area contributed by atoms with Crippen molar-refractivity contribution in [1.29, 1.82) is 0 Å². The Balaban J connectivity index is 1.69. The van der Waals surface area contributed by atoms with Crippen LogP contribution in [-0.2, 0) is 20.7 Å². The Labute approximate surface area is 146 Å². The van der Waals surface area contributed by atoms with E-state index in [4.69, 9.17) is 9.84 Å². The number of aliphatic carboxylic acids is 1. The predicted octanol–water partition coefficient (Wildman–Crippen LogP) is 3.42. The smallest absolute Gasteiger partial charge is 0.307 e. The number of carboxylic acid groups (broad SMARTS) is 1. The zero-order chi connectivity index (χ0) is 17.6. The van der Waals surface area contributed by atoms with Crippen molar-refractivity contribution >= 4 is 17.6 Å². The fourth-order valence-electron chi connectivity index (χ4n) is 3.14. The van der Waals surface area contributed by atoms with Crippen LogP contribution in [0.1, 0.15) is 30.1 Å². The first-order valence-corrected chi connectivity index (χ1v) is 8.41. The molecule has 1 aliphatic heterocycles. The van der Waals surface area contributed by atoms with Gasteiger partial charge in [-0.1, -0.05) is 42.5 Å². The second kappa shape index (κ2) is 7.94. The number of carboxylic acids is 1. The normalized spacial score (nSPS) is 20.0. The second-order valence-corrected chi connectivity index (χ2v) is 6.21. The topological polar surface area (TPSA) is 75.6 Å². The van der Waals surface area contributed by atoms with Gasteiger partial charge in [-0.2, -0.15) is 0 Å². The fraction of sp³-hybridized carbons (Fsp3) is 0.300. The quantitative estimate of drug-likeness (QED) is 0.875. The summed E-state index contributed by atoms with van der Waals surface area (Å²) < 4.78 is 5.87. The highest BCUT2D eigenvalue weighted by Crippen LogP contribution is 2.34. The molecule has 2 N–H and O–H groups in total. The van der Waals surface area contributed by atoms with Crippen LogP contribution in [0.25, 0.3) is 0 Å². The summed E-state index contributed by atoms with van der Waals surface area (Å²) in [7, 11) is 0. The minimum atomic E-state index is -0.873. The maximum absolute atomic E-state index is 12.7. The van der Waals surface area contributed by atoms with Gasteiger partial charge < -0.3 is 15.2 Å². The summed E-state index contributed by atoms with van der Waals surface area (Å²) in [5, 5.41) is 11.7. The molecule has 1 heterocycles. The molecule has 0 radical (unpaired) electrons. The zero-order valence-corrected chi connectivity index (χ0v) is 13.9. The predicted molar refractivity (Wildman–Crippen MR) is 94.3 cm³/mol. The standard InChI is InChI=1S/C20H21NO4/c22-18(23)13-14-8-10-16(11-9-14)21-20(24)17-7-4-12-25-19(17)15-5-2-1-3-6-15/h1-3,5-6,8-11,17,19H,4,7,12-13H2,(H,21,24)(H,22,23). The van der Waals surface area contributed by atoms with E-state index in [1.807, 2.05) is 30.3 Å². The van der Waals surface area contributed by atoms with E-state index in [-0.39, 0.29) is 24.3 Å². The van der Waals surface area contributed by atoms with Gasteiger partial charge in [0.25, 0.3) is 0 Å². The third kappa shape index (κ3) is 4.45. The number of carbonyl (C=O) groups excluding carboxylic acids is 1. The van der Waals surface area contributed by atoms with Crippen molar-refractivity contribution in [2.24, 2.45) is 5.92 Å². The first-order chi connectivity index (χ1) is 12.1. The highest BCUT2D eigenvalue weighted by Gasteiger charge is 2.33. The molecule has 1 saturated heterocycles. The average Bonchev–Trinajstić information content (AvgIpc) is 2.63. The van der Waals surface area contributed by atoms with Crippen LogP contribution >= 0.6 is 0 Å². The molecular weight excluding hydrogens is 318 g/mol. The van der Waals surface area contributed by atoms with Gasteiger partial charge in [0, 0.05) is 12.3 Å². The number of hydrogen-bond donors (Lipinski definition) is 2.